The van der Waals surface area contributed by atoms with Gasteiger partial charge in [0, 0.05) is 25.4 Å². The van der Waals surface area contributed by atoms with E-state index in [2.05, 4.69) is 6.58 Å². The molecule has 1 aliphatic rings. The number of piperidine rings is 1. The van der Waals surface area contributed by atoms with Crippen molar-refractivity contribution in [3.8, 4) is 0 Å². The Morgan fingerprint density at radius 3 is 2.63 bits per heavy atom. The third-order valence-corrected chi connectivity index (χ3v) is 3.21. The number of carbonyl (C=O) groups excluding carboxylic acids is 2. The molecule has 0 aromatic rings. The van der Waals surface area contributed by atoms with E-state index in [9.17, 15) is 9.59 Å². The van der Waals surface area contributed by atoms with Crippen LogP contribution in [0.25, 0.3) is 0 Å². The lowest BCUT2D eigenvalue weighted by molar-refractivity contribution is -0.125. The van der Waals surface area contributed by atoms with Gasteiger partial charge in [0.25, 0.3) is 0 Å². The maximum absolute atomic E-state index is 12.0. The fourth-order valence-corrected chi connectivity index (χ4v) is 2.07. The maximum atomic E-state index is 12.0. The van der Waals surface area contributed by atoms with Crippen LogP contribution in [0.4, 0.5) is 4.79 Å². The summed E-state index contributed by atoms with van der Waals surface area (Å²) in [6.07, 6.45) is 1.64. The summed E-state index contributed by atoms with van der Waals surface area (Å²) < 4.78 is 5.35. The summed E-state index contributed by atoms with van der Waals surface area (Å²) in [5.74, 6) is 0.114. The van der Waals surface area contributed by atoms with Gasteiger partial charge in [-0.1, -0.05) is 19.1 Å². The van der Waals surface area contributed by atoms with Crippen LogP contribution in [0.1, 0.15) is 47.0 Å². The molecule has 1 amide bonds. The molecule has 1 rings (SSSR count). The molecule has 0 radical (unpaired) electrons. The molecular formula is C15H25NO3. The van der Waals surface area contributed by atoms with Crippen LogP contribution in [-0.2, 0) is 9.53 Å². The number of hydrogen-bond donors (Lipinski definition) is 0. The van der Waals surface area contributed by atoms with Gasteiger partial charge in [0.15, 0.2) is 0 Å². The molecule has 108 valence electrons. The fraction of sp³-hybridized carbons (Fsp3) is 0.733. The van der Waals surface area contributed by atoms with Gasteiger partial charge in [-0.05, 0) is 33.6 Å². The molecule has 0 N–H and O–H groups in total. The Morgan fingerprint density at radius 1 is 1.47 bits per heavy atom. The van der Waals surface area contributed by atoms with Crippen LogP contribution in [0.2, 0.25) is 0 Å². The van der Waals surface area contributed by atoms with E-state index in [0.717, 1.165) is 12.0 Å². The number of allylic oxidation sites excluding steroid dienone is 1. The first kappa shape index (κ1) is 15.7. The first-order valence-corrected chi connectivity index (χ1v) is 6.90. The number of Topliss-reactive ketones (excluding diaryl/α,β-unsaturated/α-hetero) is 1. The van der Waals surface area contributed by atoms with Gasteiger partial charge in [-0.3, -0.25) is 4.79 Å². The molecule has 4 heteroatoms. The van der Waals surface area contributed by atoms with Crippen molar-refractivity contribution in [3.05, 3.63) is 12.2 Å². The molecule has 0 saturated carbocycles. The Labute approximate surface area is 115 Å². The maximum Gasteiger partial charge on any atom is 0.410 e. The molecule has 1 fully saturated rings. The average molecular weight is 267 g/mol. The van der Waals surface area contributed by atoms with Crippen molar-refractivity contribution in [2.75, 3.05) is 13.1 Å². The Kier molecular flexibility index (Phi) is 5.15. The average Bonchev–Trinajstić information content (AvgIpc) is 2.29. The van der Waals surface area contributed by atoms with Gasteiger partial charge in [-0.25, -0.2) is 4.79 Å². The Hall–Kier alpha value is -1.32. The molecule has 1 saturated heterocycles. The van der Waals surface area contributed by atoms with Crippen molar-refractivity contribution in [3.63, 3.8) is 0 Å². The van der Waals surface area contributed by atoms with Gasteiger partial charge in [-0.2, -0.15) is 0 Å². The first-order chi connectivity index (χ1) is 8.73. The van der Waals surface area contributed by atoms with E-state index in [-0.39, 0.29) is 17.8 Å². The fourth-order valence-electron chi connectivity index (χ4n) is 2.07. The van der Waals surface area contributed by atoms with Crippen molar-refractivity contribution in [2.45, 2.75) is 52.6 Å². The zero-order valence-corrected chi connectivity index (χ0v) is 12.5. The lowest BCUT2D eigenvalue weighted by Crippen LogP contribution is -2.46. The van der Waals surface area contributed by atoms with Crippen molar-refractivity contribution < 1.29 is 14.3 Å². The third-order valence-electron chi connectivity index (χ3n) is 3.21. The molecule has 1 aliphatic heterocycles. The molecule has 1 heterocycles. The molecule has 0 aromatic carbocycles. The van der Waals surface area contributed by atoms with Gasteiger partial charge in [0.1, 0.15) is 11.4 Å². The van der Waals surface area contributed by atoms with Crippen LogP contribution in [0.5, 0.6) is 0 Å². The predicted molar refractivity (Wildman–Crippen MR) is 75.0 cm³/mol. The summed E-state index contributed by atoms with van der Waals surface area (Å²) in [5.41, 5.74) is 0.561. The smallest absolute Gasteiger partial charge is 0.410 e. The topological polar surface area (TPSA) is 46.6 Å². The van der Waals surface area contributed by atoms with Crippen LogP contribution < -0.4 is 0 Å². The second-order valence-corrected chi connectivity index (χ2v) is 6.15. The van der Waals surface area contributed by atoms with E-state index in [1.807, 2.05) is 27.7 Å². The Morgan fingerprint density at radius 2 is 2.11 bits per heavy atom. The van der Waals surface area contributed by atoms with E-state index < -0.39 is 5.60 Å². The van der Waals surface area contributed by atoms with E-state index >= 15 is 0 Å². The second-order valence-electron chi connectivity index (χ2n) is 6.15. The molecule has 0 aromatic heterocycles. The minimum atomic E-state index is -0.499. The summed E-state index contributed by atoms with van der Waals surface area (Å²) in [4.78, 5) is 25.5. The van der Waals surface area contributed by atoms with Crippen LogP contribution in [0, 0.1) is 5.92 Å². The van der Waals surface area contributed by atoms with E-state index in [1.54, 1.807) is 4.90 Å². The number of rotatable bonds is 3. The van der Waals surface area contributed by atoms with Gasteiger partial charge < -0.3 is 9.64 Å². The predicted octanol–water partition coefficient (Wildman–Crippen LogP) is 3.17. The molecule has 1 atom stereocenters. The van der Waals surface area contributed by atoms with E-state index in [1.165, 1.54) is 0 Å². The highest BCUT2D eigenvalue weighted by Crippen LogP contribution is 2.22. The standard InChI is InChI=1S/C15H25NO3/c1-6-11(2)9-12-10-16(8-7-13(12)17)14(18)19-15(3,4)5/h12H,2,6-10H2,1,3-5H3. The number of nitrogens with zero attached hydrogens (tertiary/aromatic N) is 1. The second kappa shape index (κ2) is 6.22. The van der Waals surface area contributed by atoms with Crippen LogP contribution in [-0.4, -0.2) is 35.5 Å². The zero-order chi connectivity index (χ0) is 14.6. The van der Waals surface area contributed by atoms with Crippen LogP contribution >= 0.6 is 0 Å². The summed E-state index contributed by atoms with van der Waals surface area (Å²) in [6.45, 7) is 12.4. The van der Waals surface area contributed by atoms with E-state index in [0.29, 0.717) is 25.9 Å². The van der Waals surface area contributed by atoms with Crippen molar-refractivity contribution in [1.82, 2.24) is 4.90 Å². The number of amides is 1. The highest BCUT2D eigenvalue weighted by Gasteiger charge is 2.32. The van der Waals surface area contributed by atoms with Crippen molar-refractivity contribution >= 4 is 11.9 Å². The highest BCUT2D eigenvalue weighted by atomic mass is 16.6. The molecule has 0 spiro atoms. The molecule has 1 unspecified atom stereocenters. The molecule has 4 nitrogen and oxygen atoms in total. The summed E-state index contributed by atoms with van der Waals surface area (Å²) >= 11 is 0. The SMILES string of the molecule is C=C(CC)CC1CN(C(=O)OC(C)(C)C)CCC1=O. The monoisotopic (exact) mass is 267 g/mol. The number of ether oxygens (including phenoxy) is 1. The quantitative estimate of drug-likeness (QED) is 0.738. The zero-order valence-electron chi connectivity index (χ0n) is 12.5. The summed E-state index contributed by atoms with van der Waals surface area (Å²) in [7, 11) is 0. The number of ketones is 1. The van der Waals surface area contributed by atoms with Gasteiger partial charge in [-0.15, -0.1) is 0 Å². The van der Waals surface area contributed by atoms with Crippen molar-refractivity contribution in [2.24, 2.45) is 5.92 Å². The van der Waals surface area contributed by atoms with E-state index in [4.69, 9.17) is 4.74 Å². The third kappa shape index (κ3) is 5.05. The van der Waals surface area contributed by atoms with Gasteiger partial charge in [0.05, 0.1) is 0 Å². The molecule has 0 aliphatic carbocycles. The van der Waals surface area contributed by atoms with Gasteiger partial charge in [0.2, 0.25) is 0 Å². The largest absolute Gasteiger partial charge is 0.444 e. The molecular weight excluding hydrogens is 242 g/mol. The van der Waals surface area contributed by atoms with Crippen LogP contribution in [0.15, 0.2) is 12.2 Å². The minimum Gasteiger partial charge on any atom is -0.444 e. The Balaban J connectivity index is 2.61. The molecule has 19 heavy (non-hydrogen) atoms. The first-order valence-electron chi connectivity index (χ1n) is 6.90. The lowest BCUT2D eigenvalue weighted by atomic mass is 9.90. The summed E-state index contributed by atoms with van der Waals surface area (Å²) in [6, 6.07) is 0. The Bertz CT molecular complexity index is 368. The number of likely N-dealkylation sites (tertiary alicyclic amines) is 1. The summed E-state index contributed by atoms with van der Waals surface area (Å²) in [5, 5.41) is 0. The molecule has 0 bridgehead atoms. The highest BCUT2D eigenvalue weighted by molar-refractivity contribution is 5.84. The lowest BCUT2D eigenvalue weighted by Gasteiger charge is -2.33. The van der Waals surface area contributed by atoms with Crippen LogP contribution in [0.3, 0.4) is 0 Å². The normalized spacial score (nSPS) is 20.3. The minimum absolute atomic E-state index is 0.117. The number of carbonyl (C=O) groups is 2. The van der Waals surface area contributed by atoms with Crippen molar-refractivity contribution in [1.29, 1.82) is 0 Å². The van der Waals surface area contributed by atoms with Gasteiger partial charge >= 0.3 is 6.09 Å². The number of hydrogen-bond acceptors (Lipinski definition) is 3.